The van der Waals surface area contributed by atoms with Gasteiger partial charge in [-0.25, -0.2) is 9.97 Å². The summed E-state index contributed by atoms with van der Waals surface area (Å²) in [5.74, 6) is 0.470. The summed E-state index contributed by atoms with van der Waals surface area (Å²) in [6.45, 7) is 0. The average Bonchev–Trinajstić information content (AvgIpc) is 2.36. The fourth-order valence-corrected chi connectivity index (χ4v) is 2.45. The quantitative estimate of drug-likeness (QED) is 0.797. The van der Waals surface area contributed by atoms with Gasteiger partial charge in [-0.1, -0.05) is 35.9 Å². The van der Waals surface area contributed by atoms with E-state index in [-0.39, 0.29) is 5.56 Å². The van der Waals surface area contributed by atoms with E-state index in [1.807, 2.05) is 0 Å². The van der Waals surface area contributed by atoms with Crippen LogP contribution < -0.4 is 0 Å². The van der Waals surface area contributed by atoms with Crippen molar-refractivity contribution < 1.29 is 13.2 Å². The summed E-state index contributed by atoms with van der Waals surface area (Å²) in [4.78, 5) is 9.26. The van der Waals surface area contributed by atoms with E-state index in [2.05, 4.69) is 9.97 Å². The van der Waals surface area contributed by atoms with Crippen LogP contribution >= 0.6 is 11.6 Å². The van der Waals surface area contributed by atoms with Crippen LogP contribution in [0.25, 0.3) is 0 Å². The maximum Gasteiger partial charge on any atom is 0.408 e. The van der Waals surface area contributed by atoms with Crippen LogP contribution in [0.4, 0.5) is 13.2 Å². The Balaban J connectivity index is 2.29. The minimum Gasteiger partial charge on any atom is -0.295 e. The summed E-state index contributed by atoms with van der Waals surface area (Å²) in [6, 6.07) is 6.26. The van der Waals surface area contributed by atoms with Gasteiger partial charge in [0.1, 0.15) is 17.0 Å². The highest BCUT2D eigenvalue weighted by molar-refractivity contribution is 6.29. The van der Waals surface area contributed by atoms with E-state index in [1.54, 1.807) is 18.2 Å². The van der Waals surface area contributed by atoms with Crippen LogP contribution in [0.2, 0.25) is 5.15 Å². The summed E-state index contributed by atoms with van der Waals surface area (Å²) in [5.41, 5.74) is 0.896. The second-order valence-electron chi connectivity index (χ2n) is 5.13. The molecule has 0 aliphatic carbocycles. The van der Waals surface area contributed by atoms with Crippen molar-refractivity contribution in [2.75, 3.05) is 14.1 Å². The third-order valence-corrected chi connectivity index (χ3v) is 3.34. The number of benzene rings is 1. The van der Waals surface area contributed by atoms with Crippen molar-refractivity contribution >= 4 is 11.6 Å². The molecule has 0 spiro atoms. The molecule has 0 amide bonds. The van der Waals surface area contributed by atoms with Crippen molar-refractivity contribution in [3.63, 3.8) is 0 Å². The molecule has 118 valence electrons. The minimum absolute atomic E-state index is 0.192. The molecule has 2 rings (SSSR count). The van der Waals surface area contributed by atoms with Crippen molar-refractivity contribution in [1.29, 1.82) is 0 Å². The Labute approximate surface area is 131 Å². The highest BCUT2D eigenvalue weighted by Crippen LogP contribution is 2.36. The molecule has 1 unspecified atom stereocenters. The monoisotopic (exact) mass is 329 g/mol. The van der Waals surface area contributed by atoms with Crippen molar-refractivity contribution in [1.82, 2.24) is 14.9 Å². The Kier molecular flexibility index (Phi) is 5.03. The van der Waals surface area contributed by atoms with E-state index in [1.165, 1.54) is 32.4 Å². The maximum atomic E-state index is 13.2. The first-order chi connectivity index (χ1) is 10.3. The van der Waals surface area contributed by atoms with Gasteiger partial charge in [0.15, 0.2) is 0 Å². The van der Waals surface area contributed by atoms with E-state index < -0.39 is 12.2 Å². The van der Waals surface area contributed by atoms with Gasteiger partial charge >= 0.3 is 6.18 Å². The van der Waals surface area contributed by atoms with E-state index in [0.717, 1.165) is 4.90 Å². The highest BCUT2D eigenvalue weighted by Gasteiger charge is 2.42. The number of halogens is 4. The van der Waals surface area contributed by atoms with Crippen molar-refractivity contribution in [2.24, 2.45) is 0 Å². The smallest absolute Gasteiger partial charge is 0.295 e. The number of hydrogen-bond donors (Lipinski definition) is 0. The molecule has 0 saturated carbocycles. The first-order valence-corrected chi connectivity index (χ1v) is 6.94. The lowest BCUT2D eigenvalue weighted by atomic mass is 10.0. The SMILES string of the molecule is CN(C)C(c1cccc(Cc2nccc(Cl)n2)c1)C(F)(F)F. The Bertz CT molecular complexity index is 644. The van der Waals surface area contributed by atoms with Crippen LogP contribution in [-0.2, 0) is 6.42 Å². The third-order valence-electron chi connectivity index (χ3n) is 3.13. The van der Waals surface area contributed by atoms with E-state index in [4.69, 9.17) is 11.6 Å². The number of rotatable bonds is 4. The third kappa shape index (κ3) is 4.18. The first kappa shape index (κ1) is 16.7. The predicted molar refractivity (Wildman–Crippen MR) is 78.8 cm³/mol. The fourth-order valence-electron chi connectivity index (χ4n) is 2.30. The average molecular weight is 330 g/mol. The van der Waals surface area contributed by atoms with E-state index in [0.29, 0.717) is 23.0 Å². The highest BCUT2D eigenvalue weighted by atomic mass is 35.5. The molecule has 2 aromatic rings. The zero-order valence-electron chi connectivity index (χ0n) is 12.1. The van der Waals surface area contributed by atoms with Gasteiger partial charge in [-0.15, -0.1) is 0 Å². The Morgan fingerprint density at radius 3 is 2.55 bits per heavy atom. The second-order valence-corrected chi connectivity index (χ2v) is 5.51. The Morgan fingerprint density at radius 1 is 1.23 bits per heavy atom. The van der Waals surface area contributed by atoms with Crippen LogP contribution in [0.15, 0.2) is 36.5 Å². The standard InChI is InChI=1S/C15H15ClF3N3/c1-22(2)14(15(17,18)19)11-5-3-4-10(8-11)9-13-20-7-6-12(16)21-13/h3-8,14H,9H2,1-2H3. The van der Waals surface area contributed by atoms with Gasteiger partial charge in [-0.05, 0) is 31.3 Å². The van der Waals surface area contributed by atoms with Crippen LogP contribution in [-0.4, -0.2) is 35.1 Å². The van der Waals surface area contributed by atoms with E-state index >= 15 is 0 Å². The van der Waals surface area contributed by atoms with Crippen LogP contribution in [0.1, 0.15) is 23.0 Å². The van der Waals surface area contributed by atoms with Crippen LogP contribution in [0.5, 0.6) is 0 Å². The molecule has 0 saturated heterocycles. The minimum atomic E-state index is -4.34. The number of aromatic nitrogens is 2. The van der Waals surface area contributed by atoms with Gasteiger partial charge in [-0.2, -0.15) is 13.2 Å². The molecule has 1 heterocycles. The second kappa shape index (κ2) is 6.62. The fraction of sp³-hybridized carbons (Fsp3) is 0.333. The van der Waals surface area contributed by atoms with Gasteiger partial charge < -0.3 is 0 Å². The molecule has 0 aliphatic rings. The van der Waals surface area contributed by atoms with Crippen LogP contribution in [0, 0.1) is 0 Å². The lowest BCUT2D eigenvalue weighted by molar-refractivity contribution is -0.179. The van der Waals surface area contributed by atoms with Gasteiger partial charge in [0, 0.05) is 12.6 Å². The van der Waals surface area contributed by atoms with Crippen molar-refractivity contribution in [3.05, 3.63) is 58.6 Å². The Morgan fingerprint density at radius 2 is 1.95 bits per heavy atom. The van der Waals surface area contributed by atoms with Gasteiger partial charge in [0.2, 0.25) is 0 Å². The number of hydrogen-bond acceptors (Lipinski definition) is 3. The zero-order chi connectivity index (χ0) is 16.3. The molecule has 22 heavy (non-hydrogen) atoms. The summed E-state index contributed by atoms with van der Waals surface area (Å²) in [5, 5.41) is 0.308. The molecular formula is C15H15ClF3N3. The summed E-state index contributed by atoms with van der Waals surface area (Å²) in [6.07, 6.45) is -2.49. The summed E-state index contributed by atoms with van der Waals surface area (Å²) in [7, 11) is 2.82. The largest absolute Gasteiger partial charge is 0.408 e. The molecule has 0 fully saturated rings. The molecule has 0 aliphatic heterocycles. The lowest BCUT2D eigenvalue weighted by Crippen LogP contribution is -2.33. The van der Waals surface area contributed by atoms with Gasteiger partial charge in [-0.3, -0.25) is 4.90 Å². The predicted octanol–water partition coefficient (Wildman–Crippen LogP) is 3.89. The summed E-state index contributed by atoms with van der Waals surface area (Å²) < 4.78 is 39.6. The van der Waals surface area contributed by atoms with Crippen molar-refractivity contribution in [2.45, 2.75) is 18.6 Å². The molecule has 7 heteroatoms. The maximum absolute atomic E-state index is 13.2. The molecular weight excluding hydrogens is 315 g/mol. The molecule has 0 bridgehead atoms. The normalized spacial score (nSPS) is 13.4. The van der Waals surface area contributed by atoms with Crippen molar-refractivity contribution in [3.8, 4) is 0 Å². The molecule has 1 aromatic heterocycles. The topological polar surface area (TPSA) is 29.0 Å². The molecule has 1 atom stereocenters. The zero-order valence-corrected chi connectivity index (χ0v) is 12.9. The molecule has 0 radical (unpaired) electrons. The lowest BCUT2D eigenvalue weighted by Gasteiger charge is -2.27. The van der Waals surface area contributed by atoms with E-state index in [9.17, 15) is 13.2 Å². The summed E-state index contributed by atoms with van der Waals surface area (Å²) >= 11 is 5.79. The van der Waals surface area contributed by atoms with Crippen LogP contribution in [0.3, 0.4) is 0 Å². The van der Waals surface area contributed by atoms with Gasteiger partial charge in [0.25, 0.3) is 0 Å². The molecule has 1 aromatic carbocycles. The Hall–Kier alpha value is -1.66. The van der Waals surface area contributed by atoms with Gasteiger partial charge in [0.05, 0.1) is 0 Å². The molecule has 0 N–H and O–H groups in total. The number of nitrogens with zero attached hydrogens (tertiary/aromatic N) is 3. The molecule has 3 nitrogen and oxygen atoms in total. The first-order valence-electron chi connectivity index (χ1n) is 6.57. The number of alkyl halides is 3.